The minimum absolute atomic E-state index is 0. The lowest BCUT2D eigenvalue weighted by Crippen LogP contribution is -2.27. The van der Waals surface area contributed by atoms with Crippen molar-refractivity contribution in [3.05, 3.63) is 34.9 Å². The van der Waals surface area contributed by atoms with Crippen LogP contribution in [0.5, 0.6) is 0 Å². The van der Waals surface area contributed by atoms with Crippen LogP contribution < -0.4 is 0 Å². The summed E-state index contributed by atoms with van der Waals surface area (Å²) in [6, 6.07) is 7.69. The molecular weight excluding hydrogens is 301 g/mol. The lowest BCUT2D eigenvalue weighted by Gasteiger charge is -2.18. The smallest absolute Gasteiger partial charge is 0.164 e. The first-order valence-corrected chi connectivity index (χ1v) is 7.06. The highest BCUT2D eigenvalue weighted by Crippen LogP contribution is 2.10. The third-order valence-corrected chi connectivity index (χ3v) is 3.34. The molecule has 0 aliphatic carbocycles. The van der Waals surface area contributed by atoms with Gasteiger partial charge in [-0.3, -0.25) is 0 Å². The molecule has 0 saturated carbocycles. The molecule has 0 unspecified atom stereocenters. The predicted molar refractivity (Wildman–Crippen MR) is 88.7 cm³/mol. The molecule has 1 aromatic rings. The van der Waals surface area contributed by atoms with E-state index in [0.29, 0.717) is 18.1 Å². The molecule has 0 radical (unpaired) electrons. The van der Waals surface area contributed by atoms with Crippen LogP contribution in [-0.4, -0.2) is 36.2 Å². The van der Waals surface area contributed by atoms with Crippen LogP contribution in [0.1, 0.15) is 19.4 Å². The highest BCUT2D eigenvalue weighted by molar-refractivity contribution is 7.80. The lowest BCUT2D eigenvalue weighted by atomic mass is 10.2. The molecule has 0 spiro atoms. The zero-order valence-electron chi connectivity index (χ0n) is 11.4. The fourth-order valence-corrected chi connectivity index (χ4v) is 2.02. The average molecular weight is 322 g/mol. The van der Waals surface area contributed by atoms with Gasteiger partial charge in [0.25, 0.3) is 0 Å². The maximum Gasteiger partial charge on any atom is 0.164 e. The number of ether oxygens (including phenoxy) is 1. The van der Waals surface area contributed by atoms with Crippen LogP contribution in [0.3, 0.4) is 0 Å². The second-order valence-corrected chi connectivity index (χ2v) is 4.94. The van der Waals surface area contributed by atoms with Crippen molar-refractivity contribution in [3.8, 4) is 0 Å². The average Bonchev–Trinajstić information content (AvgIpc) is 2.37. The van der Waals surface area contributed by atoms with Gasteiger partial charge in [-0.1, -0.05) is 37.6 Å². The topological polar surface area (TPSA) is 12.5 Å². The molecule has 19 heavy (non-hydrogen) atoms. The fraction of sp³-hybridized carbons (Fsp3) is 0.500. The van der Waals surface area contributed by atoms with Crippen LogP contribution >= 0.6 is 36.2 Å². The summed E-state index contributed by atoms with van der Waals surface area (Å²) in [4.78, 5) is 2.31. The molecule has 0 saturated heterocycles. The van der Waals surface area contributed by atoms with Crippen LogP contribution in [0, 0.1) is 0 Å². The van der Waals surface area contributed by atoms with E-state index < -0.39 is 0 Å². The summed E-state index contributed by atoms with van der Waals surface area (Å²) in [5.74, 6) is 0. The van der Waals surface area contributed by atoms with Gasteiger partial charge >= 0.3 is 0 Å². The Morgan fingerprint density at radius 3 is 2.32 bits per heavy atom. The zero-order chi connectivity index (χ0) is 13.4. The molecule has 0 aliphatic heterocycles. The Bertz CT molecular complexity index is 366. The van der Waals surface area contributed by atoms with E-state index in [1.165, 1.54) is 0 Å². The third-order valence-electron chi connectivity index (χ3n) is 2.83. The minimum Gasteiger partial charge on any atom is -0.485 e. The van der Waals surface area contributed by atoms with E-state index in [2.05, 4.69) is 18.7 Å². The Morgan fingerprint density at radius 2 is 1.79 bits per heavy atom. The van der Waals surface area contributed by atoms with Crippen molar-refractivity contribution < 1.29 is 4.74 Å². The molecule has 1 rings (SSSR count). The second-order valence-electron chi connectivity index (χ2n) is 4.05. The molecule has 0 bridgehead atoms. The number of hydrogen-bond donors (Lipinski definition) is 0. The number of thiocarbonyl (C=S) groups is 1. The van der Waals surface area contributed by atoms with E-state index in [9.17, 15) is 0 Å². The van der Waals surface area contributed by atoms with Gasteiger partial charge in [-0.15, -0.1) is 12.4 Å². The van der Waals surface area contributed by atoms with Gasteiger partial charge in [0.05, 0.1) is 0 Å². The van der Waals surface area contributed by atoms with Crippen LogP contribution in [0.25, 0.3) is 0 Å². The van der Waals surface area contributed by atoms with E-state index in [1.54, 1.807) is 0 Å². The molecule has 2 nitrogen and oxygen atoms in total. The van der Waals surface area contributed by atoms with Crippen LogP contribution in [0.15, 0.2) is 24.3 Å². The minimum atomic E-state index is 0. The molecule has 0 amide bonds. The fourth-order valence-electron chi connectivity index (χ4n) is 1.65. The standard InChI is InChI=1S/C14H20ClNOS.ClH/c1-3-16(4-2)9-10-17-14(18)11-12-5-7-13(15)8-6-12;/h5-8H,3-4,9-11H2,1-2H3;1H. The predicted octanol–water partition coefficient (Wildman–Crippen LogP) is 3.99. The van der Waals surface area contributed by atoms with Crippen molar-refractivity contribution in [1.29, 1.82) is 0 Å². The van der Waals surface area contributed by atoms with E-state index in [1.807, 2.05) is 24.3 Å². The zero-order valence-corrected chi connectivity index (χ0v) is 13.8. The first kappa shape index (κ1) is 18.7. The van der Waals surface area contributed by atoms with Gasteiger partial charge in [0.1, 0.15) is 6.61 Å². The van der Waals surface area contributed by atoms with Crippen LogP contribution in [0.2, 0.25) is 5.02 Å². The van der Waals surface area contributed by atoms with Crippen molar-refractivity contribution >= 4 is 41.3 Å². The van der Waals surface area contributed by atoms with E-state index in [0.717, 1.165) is 30.2 Å². The number of halogens is 2. The summed E-state index contributed by atoms with van der Waals surface area (Å²) in [6.07, 6.45) is 0.671. The Labute approximate surface area is 132 Å². The maximum atomic E-state index is 5.83. The quantitative estimate of drug-likeness (QED) is 0.704. The van der Waals surface area contributed by atoms with Gasteiger partial charge in [0.2, 0.25) is 0 Å². The van der Waals surface area contributed by atoms with Crippen LogP contribution in [0.4, 0.5) is 0 Å². The molecule has 1 aromatic carbocycles. The Hall–Kier alpha value is -0.350. The molecule has 0 heterocycles. The van der Waals surface area contributed by atoms with Gasteiger partial charge < -0.3 is 9.64 Å². The van der Waals surface area contributed by atoms with E-state index in [-0.39, 0.29) is 12.4 Å². The van der Waals surface area contributed by atoms with Crippen molar-refractivity contribution in [3.63, 3.8) is 0 Å². The van der Waals surface area contributed by atoms with Gasteiger partial charge in [0, 0.05) is 18.0 Å². The van der Waals surface area contributed by atoms with Gasteiger partial charge in [-0.25, -0.2) is 0 Å². The monoisotopic (exact) mass is 321 g/mol. The first-order valence-electron chi connectivity index (χ1n) is 6.28. The molecule has 5 heteroatoms. The number of likely N-dealkylation sites (N-methyl/N-ethyl adjacent to an activating group) is 1. The van der Waals surface area contributed by atoms with E-state index >= 15 is 0 Å². The molecular formula is C14H21Cl2NOS. The Morgan fingerprint density at radius 1 is 1.21 bits per heavy atom. The molecule has 108 valence electrons. The highest BCUT2D eigenvalue weighted by Gasteiger charge is 2.03. The normalized spacial score (nSPS) is 10.1. The summed E-state index contributed by atoms with van der Waals surface area (Å²) >= 11 is 11.0. The maximum absolute atomic E-state index is 5.83. The molecule has 0 N–H and O–H groups in total. The number of rotatable bonds is 7. The van der Waals surface area contributed by atoms with Crippen molar-refractivity contribution in [1.82, 2.24) is 4.90 Å². The van der Waals surface area contributed by atoms with Crippen molar-refractivity contribution in [2.45, 2.75) is 20.3 Å². The number of hydrogen-bond acceptors (Lipinski definition) is 3. The molecule has 0 atom stereocenters. The van der Waals surface area contributed by atoms with Gasteiger partial charge in [0.15, 0.2) is 5.05 Å². The second kappa shape index (κ2) is 10.4. The number of benzene rings is 1. The Kier molecular flexibility index (Phi) is 10.2. The summed E-state index contributed by atoms with van der Waals surface area (Å²) in [5.41, 5.74) is 1.13. The van der Waals surface area contributed by atoms with E-state index in [4.69, 9.17) is 28.6 Å². The third kappa shape index (κ3) is 7.73. The molecule has 0 fully saturated rings. The SMILES string of the molecule is CCN(CC)CCOC(=S)Cc1ccc(Cl)cc1.Cl. The van der Waals surface area contributed by atoms with Crippen LogP contribution in [-0.2, 0) is 11.2 Å². The van der Waals surface area contributed by atoms with Gasteiger partial charge in [-0.05, 0) is 43.0 Å². The molecule has 0 aromatic heterocycles. The van der Waals surface area contributed by atoms with Crippen molar-refractivity contribution in [2.24, 2.45) is 0 Å². The largest absolute Gasteiger partial charge is 0.485 e. The summed E-state index contributed by atoms with van der Waals surface area (Å²) in [7, 11) is 0. The van der Waals surface area contributed by atoms with Crippen molar-refractivity contribution in [2.75, 3.05) is 26.2 Å². The lowest BCUT2D eigenvalue weighted by molar-refractivity contribution is 0.216. The van der Waals surface area contributed by atoms with Gasteiger partial charge in [-0.2, -0.15) is 0 Å². The molecule has 0 aliphatic rings. The summed E-state index contributed by atoms with van der Waals surface area (Å²) in [5, 5.41) is 1.39. The summed E-state index contributed by atoms with van der Waals surface area (Å²) in [6.45, 7) is 7.97. The highest BCUT2D eigenvalue weighted by atomic mass is 35.5. The first-order chi connectivity index (χ1) is 8.65. The number of nitrogens with zero attached hydrogens (tertiary/aromatic N) is 1. The Balaban J connectivity index is 0.00000324. The summed E-state index contributed by atoms with van der Waals surface area (Å²) < 4.78 is 5.57.